The number of hydrazone groups is 1. The molecule has 0 bridgehead atoms. The number of nitrogens with zero attached hydrogens (tertiary/aromatic N) is 3. The first-order chi connectivity index (χ1) is 20.5. The number of aromatic nitrogens is 2. The lowest BCUT2D eigenvalue weighted by molar-refractivity contribution is -0.118. The van der Waals surface area contributed by atoms with E-state index in [0.29, 0.717) is 11.8 Å². The molecule has 0 spiro atoms. The molecule has 1 amide bonds. The SMILES string of the molecule is Cc1ccc(-n2c(SCC(=O)N/N=C\c3cccc(OCc4ccccc4)c3)nc3sc4c(c3c2=O)CCCC4)cc1. The molecule has 2 aromatic heterocycles. The number of aryl methyl sites for hydroxylation is 3. The minimum atomic E-state index is -0.289. The number of carbonyl (C=O) groups excluding carboxylic acids is 1. The van der Waals surface area contributed by atoms with Gasteiger partial charge in [-0.15, -0.1) is 11.3 Å². The molecule has 0 fully saturated rings. The predicted octanol–water partition coefficient (Wildman–Crippen LogP) is 6.46. The van der Waals surface area contributed by atoms with Crippen molar-refractivity contribution in [1.82, 2.24) is 15.0 Å². The number of benzene rings is 3. The Balaban J connectivity index is 1.16. The number of nitrogens with one attached hydrogen (secondary N) is 1. The lowest BCUT2D eigenvalue weighted by atomic mass is 9.97. The van der Waals surface area contributed by atoms with E-state index in [1.54, 1.807) is 22.1 Å². The summed E-state index contributed by atoms with van der Waals surface area (Å²) in [6.07, 6.45) is 5.71. The van der Waals surface area contributed by atoms with Crippen LogP contribution in [0, 0.1) is 6.92 Å². The second kappa shape index (κ2) is 12.8. The van der Waals surface area contributed by atoms with Gasteiger partial charge in [0.05, 0.1) is 23.0 Å². The number of hydrogen-bond donors (Lipinski definition) is 1. The van der Waals surface area contributed by atoms with Crippen LogP contribution in [0.3, 0.4) is 0 Å². The monoisotopic (exact) mass is 594 g/mol. The zero-order valence-electron chi connectivity index (χ0n) is 23.2. The van der Waals surface area contributed by atoms with Crippen LogP contribution in [0.15, 0.2) is 93.9 Å². The Labute approximate surface area is 252 Å². The summed E-state index contributed by atoms with van der Waals surface area (Å²) < 4.78 is 7.53. The quantitative estimate of drug-likeness (QED) is 0.0917. The Bertz CT molecular complexity index is 1810. The summed E-state index contributed by atoms with van der Waals surface area (Å²) in [5.41, 5.74) is 7.41. The maximum absolute atomic E-state index is 13.9. The summed E-state index contributed by atoms with van der Waals surface area (Å²) in [7, 11) is 0. The van der Waals surface area contributed by atoms with Crippen molar-refractivity contribution in [2.24, 2.45) is 5.10 Å². The molecule has 5 aromatic rings. The first kappa shape index (κ1) is 27.9. The average molecular weight is 595 g/mol. The van der Waals surface area contributed by atoms with Gasteiger partial charge in [0, 0.05) is 4.88 Å². The third-order valence-corrected chi connectivity index (χ3v) is 9.22. The van der Waals surface area contributed by atoms with Gasteiger partial charge in [0.1, 0.15) is 17.2 Å². The summed E-state index contributed by atoms with van der Waals surface area (Å²) >= 11 is 2.85. The summed E-state index contributed by atoms with van der Waals surface area (Å²) in [6, 6.07) is 25.3. The summed E-state index contributed by atoms with van der Waals surface area (Å²) in [4.78, 5) is 33.5. The molecule has 42 heavy (non-hydrogen) atoms. The number of hydrogen-bond acceptors (Lipinski definition) is 7. The topological polar surface area (TPSA) is 85.6 Å². The molecule has 1 aliphatic rings. The normalized spacial score (nSPS) is 12.9. The lowest BCUT2D eigenvalue weighted by Gasteiger charge is -2.13. The Kier molecular flexibility index (Phi) is 8.48. The standard InChI is InChI=1S/C33H30N4O3S2/c1-22-14-16-25(17-15-22)37-32(39)30-27-12-5-6-13-28(27)42-31(30)35-33(37)41-21-29(38)36-34-19-24-10-7-11-26(18-24)40-20-23-8-3-2-4-9-23/h2-4,7-11,14-19H,5-6,12-13,20-21H2,1H3,(H,36,38)/b34-19-. The molecule has 7 nitrogen and oxygen atoms in total. The fourth-order valence-electron chi connectivity index (χ4n) is 4.97. The molecule has 0 aliphatic heterocycles. The van der Waals surface area contributed by atoms with Crippen molar-refractivity contribution in [2.75, 3.05) is 5.75 Å². The van der Waals surface area contributed by atoms with Crippen molar-refractivity contribution in [3.05, 3.63) is 116 Å². The highest BCUT2D eigenvalue weighted by atomic mass is 32.2. The van der Waals surface area contributed by atoms with E-state index in [9.17, 15) is 9.59 Å². The van der Waals surface area contributed by atoms with Crippen LogP contribution in [-0.4, -0.2) is 27.4 Å². The lowest BCUT2D eigenvalue weighted by Crippen LogP contribution is -2.24. The van der Waals surface area contributed by atoms with Gasteiger partial charge in [0.2, 0.25) is 0 Å². The van der Waals surface area contributed by atoms with Crippen molar-refractivity contribution in [2.45, 2.75) is 44.4 Å². The Morgan fingerprint density at radius 2 is 1.88 bits per heavy atom. The molecular formula is C33H30N4O3S2. The zero-order chi connectivity index (χ0) is 28.9. The zero-order valence-corrected chi connectivity index (χ0v) is 24.8. The Hall–Kier alpha value is -4.21. The van der Waals surface area contributed by atoms with Crippen molar-refractivity contribution in [3.63, 3.8) is 0 Å². The number of thiophene rings is 1. The second-order valence-electron chi connectivity index (χ2n) is 10.2. The first-order valence-electron chi connectivity index (χ1n) is 13.9. The van der Waals surface area contributed by atoms with Crippen molar-refractivity contribution in [3.8, 4) is 11.4 Å². The van der Waals surface area contributed by atoms with Gasteiger partial charge in [0.25, 0.3) is 11.5 Å². The Morgan fingerprint density at radius 1 is 1.07 bits per heavy atom. The van der Waals surface area contributed by atoms with E-state index in [1.165, 1.54) is 16.6 Å². The number of amides is 1. The highest BCUT2D eigenvalue weighted by molar-refractivity contribution is 7.99. The number of fused-ring (bicyclic) bond motifs is 3. The van der Waals surface area contributed by atoms with E-state index >= 15 is 0 Å². The van der Waals surface area contributed by atoms with Crippen LogP contribution >= 0.6 is 23.1 Å². The third-order valence-electron chi connectivity index (χ3n) is 7.09. The summed E-state index contributed by atoms with van der Waals surface area (Å²) in [6.45, 7) is 2.48. The van der Waals surface area contributed by atoms with Crippen LogP contribution in [0.1, 0.15) is 40.0 Å². The maximum Gasteiger partial charge on any atom is 0.267 e. The van der Waals surface area contributed by atoms with Crippen LogP contribution in [-0.2, 0) is 24.2 Å². The molecule has 1 aliphatic carbocycles. The van der Waals surface area contributed by atoms with Crippen LogP contribution in [0.4, 0.5) is 0 Å². The van der Waals surface area contributed by atoms with Crippen molar-refractivity contribution >= 4 is 45.4 Å². The van der Waals surface area contributed by atoms with Crippen LogP contribution in [0.2, 0.25) is 0 Å². The van der Waals surface area contributed by atoms with Crippen LogP contribution < -0.4 is 15.7 Å². The van der Waals surface area contributed by atoms with Gasteiger partial charge in [-0.25, -0.2) is 10.4 Å². The van der Waals surface area contributed by atoms with Crippen molar-refractivity contribution in [1.29, 1.82) is 0 Å². The highest BCUT2D eigenvalue weighted by Crippen LogP contribution is 2.35. The first-order valence-corrected chi connectivity index (χ1v) is 15.7. The van der Waals surface area contributed by atoms with Gasteiger partial charge < -0.3 is 4.74 Å². The van der Waals surface area contributed by atoms with Gasteiger partial charge in [-0.05, 0) is 73.6 Å². The molecule has 1 N–H and O–H groups in total. The molecule has 0 unspecified atom stereocenters. The summed E-state index contributed by atoms with van der Waals surface area (Å²) in [5, 5.41) is 5.36. The van der Waals surface area contributed by atoms with Gasteiger partial charge in [-0.2, -0.15) is 5.10 Å². The Morgan fingerprint density at radius 3 is 2.71 bits per heavy atom. The summed E-state index contributed by atoms with van der Waals surface area (Å²) in [5.74, 6) is 0.491. The molecule has 0 radical (unpaired) electrons. The molecule has 2 heterocycles. The smallest absolute Gasteiger partial charge is 0.267 e. The van der Waals surface area contributed by atoms with Crippen LogP contribution in [0.5, 0.6) is 5.75 Å². The predicted molar refractivity (Wildman–Crippen MR) is 170 cm³/mol. The minimum Gasteiger partial charge on any atom is -0.489 e. The number of ether oxygens (including phenoxy) is 1. The van der Waals surface area contributed by atoms with E-state index in [-0.39, 0.29) is 17.2 Å². The number of rotatable bonds is 9. The van der Waals surface area contributed by atoms with Gasteiger partial charge in [-0.1, -0.05) is 71.9 Å². The fourth-order valence-corrected chi connectivity index (χ4v) is 7.08. The van der Waals surface area contributed by atoms with Gasteiger partial charge in [0.15, 0.2) is 5.16 Å². The number of carbonyl (C=O) groups is 1. The third kappa shape index (κ3) is 6.32. The van der Waals surface area contributed by atoms with Crippen LogP contribution in [0.25, 0.3) is 15.9 Å². The van der Waals surface area contributed by atoms with E-state index < -0.39 is 0 Å². The molecular weight excluding hydrogens is 565 g/mol. The van der Waals surface area contributed by atoms with Crippen molar-refractivity contribution < 1.29 is 9.53 Å². The molecule has 0 atom stereocenters. The van der Waals surface area contributed by atoms with Gasteiger partial charge in [-0.3, -0.25) is 14.2 Å². The molecule has 9 heteroatoms. The molecule has 6 rings (SSSR count). The molecule has 212 valence electrons. The minimum absolute atomic E-state index is 0.0620. The maximum atomic E-state index is 13.9. The largest absolute Gasteiger partial charge is 0.489 e. The van der Waals surface area contributed by atoms with E-state index in [4.69, 9.17) is 9.72 Å². The van der Waals surface area contributed by atoms with E-state index in [1.807, 2.05) is 85.8 Å². The fraction of sp³-hybridized carbons (Fsp3) is 0.212. The molecule has 0 saturated heterocycles. The van der Waals surface area contributed by atoms with E-state index in [0.717, 1.165) is 69.6 Å². The molecule has 0 saturated carbocycles. The van der Waals surface area contributed by atoms with E-state index in [2.05, 4.69) is 10.5 Å². The van der Waals surface area contributed by atoms with Gasteiger partial charge >= 0.3 is 0 Å². The average Bonchev–Trinajstić information content (AvgIpc) is 3.39. The number of thioether (sulfide) groups is 1. The molecule has 3 aromatic carbocycles. The second-order valence-corrected chi connectivity index (χ2v) is 12.2. The highest BCUT2D eigenvalue weighted by Gasteiger charge is 2.23.